The molecule has 0 amide bonds. The van der Waals surface area contributed by atoms with Gasteiger partial charge < -0.3 is 9.47 Å². The summed E-state index contributed by atoms with van der Waals surface area (Å²) in [6, 6.07) is 7.39. The second-order valence-electron chi connectivity index (χ2n) is 4.28. The van der Waals surface area contributed by atoms with E-state index >= 15 is 0 Å². The first-order valence-corrected chi connectivity index (χ1v) is 6.06. The number of para-hydroxylation sites is 1. The molecule has 0 aromatic heterocycles. The number of hydrogen-bond acceptors (Lipinski definition) is 3. The van der Waals surface area contributed by atoms with Crippen LogP contribution >= 0.6 is 0 Å². The average molecular weight is 234 g/mol. The van der Waals surface area contributed by atoms with Crippen LogP contribution < -0.4 is 4.74 Å². The highest BCUT2D eigenvalue weighted by atomic mass is 16.5. The van der Waals surface area contributed by atoms with Crippen molar-refractivity contribution in [2.24, 2.45) is 5.92 Å². The molecule has 2 atom stereocenters. The van der Waals surface area contributed by atoms with E-state index in [0.717, 1.165) is 12.8 Å². The Hall–Kier alpha value is -1.35. The first-order chi connectivity index (χ1) is 8.27. The molecule has 0 bridgehead atoms. The van der Waals surface area contributed by atoms with Crippen LogP contribution in [0.3, 0.4) is 0 Å². The van der Waals surface area contributed by atoms with Gasteiger partial charge >= 0.3 is 0 Å². The Morgan fingerprint density at radius 2 is 2.24 bits per heavy atom. The second kappa shape index (κ2) is 5.32. The predicted molar refractivity (Wildman–Crippen MR) is 65.5 cm³/mol. The highest BCUT2D eigenvalue weighted by Crippen LogP contribution is 2.30. The normalized spacial score (nSPS) is 23.6. The predicted octanol–water partition coefficient (Wildman–Crippen LogP) is 2.69. The van der Waals surface area contributed by atoms with Gasteiger partial charge in [0.05, 0.1) is 24.7 Å². The monoisotopic (exact) mass is 234 g/mol. The molecule has 17 heavy (non-hydrogen) atoms. The van der Waals surface area contributed by atoms with Gasteiger partial charge in [0.1, 0.15) is 5.75 Å². The summed E-state index contributed by atoms with van der Waals surface area (Å²) < 4.78 is 10.8. The summed E-state index contributed by atoms with van der Waals surface area (Å²) in [5.74, 6) is 0.780. The van der Waals surface area contributed by atoms with E-state index in [1.54, 1.807) is 7.11 Å². The maximum atomic E-state index is 12.4. The van der Waals surface area contributed by atoms with E-state index in [9.17, 15) is 4.79 Å². The van der Waals surface area contributed by atoms with E-state index in [0.29, 0.717) is 17.9 Å². The van der Waals surface area contributed by atoms with E-state index in [1.165, 1.54) is 0 Å². The maximum Gasteiger partial charge on any atom is 0.172 e. The molecule has 1 aliphatic heterocycles. The summed E-state index contributed by atoms with van der Waals surface area (Å²) in [6.07, 6.45) is 1.76. The Labute approximate surface area is 102 Å². The molecule has 0 radical (unpaired) electrons. The lowest BCUT2D eigenvalue weighted by atomic mass is 9.90. The number of benzene rings is 1. The lowest BCUT2D eigenvalue weighted by Crippen LogP contribution is -2.24. The summed E-state index contributed by atoms with van der Waals surface area (Å²) in [5.41, 5.74) is 0.670. The van der Waals surface area contributed by atoms with Gasteiger partial charge in [-0.2, -0.15) is 0 Å². The molecule has 0 aliphatic carbocycles. The zero-order chi connectivity index (χ0) is 12.3. The van der Waals surface area contributed by atoms with Crippen molar-refractivity contribution in [1.82, 2.24) is 0 Å². The fourth-order valence-corrected chi connectivity index (χ4v) is 2.40. The summed E-state index contributed by atoms with van der Waals surface area (Å²) >= 11 is 0. The molecule has 3 nitrogen and oxygen atoms in total. The molecule has 0 N–H and O–H groups in total. The first kappa shape index (κ1) is 12.1. The Morgan fingerprint density at radius 3 is 2.94 bits per heavy atom. The van der Waals surface area contributed by atoms with Gasteiger partial charge in [-0.05, 0) is 25.0 Å². The van der Waals surface area contributed by atoms with Gasteiger partial charge in [0.25, 0.3) is 0 Å². The quantitative estimate of drug-likeness (QED) is 0.751. The van der Waals surface area contributed by atoms with Crippen LogP contribution in [-0.4, -0.2) is 25.6 Å². The smallest absolute Gasteiger partial charge is 0.172 e. The lowest BCUT2D eigenvalue weighted by Gasteiger charge is -2.16. The van der Waals surface area contributed by atoms with E-state index in [2.05, 4.69) is 6.92 Å². The number of ether oxygens (including phenoxy) is 2. The molecule has 2 rings (SSSR count). The van der Waals surface area contributed by atoms with Crippen molar-refractivity contribution in [2.75, 3.05) is 13.7 Å². The molecule has 1 aromatic rings. The van der Waals surface area contributed by atoms with Crippen molar-refractivity contribution in [3.8, 4) is 5.75 Å². The van der Waals surface area contributed by atoms with Crippen molar-refractivity contribution in [3.05, 3.63) is 29.8 Å². The van der Waals surface area contributed by atoms with Crippen LogP contribution in [0.2, 0.25) is 0 Å². The largest absolute Gasteiger partial charge is 0.496 e. The zero-order valence-electron chi connectivity index (χ0n) is 10.3. The van der Waals surface area contributed by atoms with Crippen LogP contribution in [0.5, 0.6) is 5.75 Å². The molecule has 92 valence electrons. The van der Waals surface area contributed by atoms with Gasteiger partial charge in [-0.25, -0.2) is 0 Å². The van der Waals surface area contributed by atoms with E-state index in [1.807, 2.05) is 24.3 Å². The third kappa shape index (κ3) is 2.34. The van der Waals surface area contributed by atoms with Crippen LogP contribution in [-0.2, 0) is 4.74 Å². The van der Waals surface area contributed by atoms with Crippen molar-refractivity contribution in [3.63, 3.8) is 0 Å². The summed E-state index contributed by atoms with van der Waals surface area (Å²) in [6.45, 7) is 2.74. The third-order valence-corrected chi connectivity index (χ3v) is 3.32. The van der Waals surface area contributed by atoms with Crippen LogP contribution in [0.15, 0.2) is 24.3 Å². The first-order valence-electron chi connectivity index (χ1n) is 6.06. The molecular weight excluding hydrogens is 216 g/mol. The summed E-state index contributed by atoms with van der Waals surface area (Å²) in [7, 11) is 1.59. The van der Waals surface area contributed by atoms with Crippen LogP contribution in [0.1, 0.15) is 30.1 Å². The molecule has 3 heteroatoms. The van der Waals surface area contributed by atoms with Crippen molar-refractivity contribution >= 4 is 5.78 Å². The molecule has 1 aromatic carbocycles. The molecule has 1 aliphatic rings. The standard InChI is InChI=1S/C14H18O3/c1-3-12-11(8-9-17-12)14(15)10-6-4-5-7-13(10)16-2/h4-7,11-12H,3,8-9H2,1-2H3. The molecule has 0 spiro atoms. The molecular formula is C14H18O3. The highest BCUT2D eigenvalue weighted by Gasteiger charge is 2.34. The van der Waals surface area contributed by atoms with Crippen LogP contribution in [0.25, 0.3) is 0 Å². The van der Waals surface area contributed by atoms with Crippen molar-refractivity contribution < 1.29 is 14.3 Å². The molecule has 0 saturated carbocycles. The number of rotatable bonds is 4. The lowest BCUT2D eigenvalue weighted by molar-refractivity contribution is 0.0687. The molecule has 2 unspecified atom stereocenters. The minimum Gasteiger partial charge on any atom is -0.496 e. The van der Waals surface area contributed by atoms with Crippen molar-refractivity contribution in [2.45, 2.75) is 25.9 Å². The Kier molecular flexibility index (Phi) is 3.79. The zero-order valence-corrected chi connectivity index (χ0v) is 10.3. The third-order valence-electron chi connectivity index (χ3n) is 3.32. The number of Topliss-reactive ketones (excluding diaryl/α,β-unsaturated/α-hetero) is 1. The van der Waals surface area contributed by atoms with Gasteiger partial charge in [0.2, 0.25) is 0 Å². The number of carbonyl (C=O) groups is 1. The minimum absolute atomic E-state index is 0.0173. The van der Waals surface area contributed by atoms with Gasteiger partial charge in [-0.15, -0.1) is 0 Å². The van der Waals surface area contributed by atoms with Gasteiger partial charge in [0.15, 0.2) is 5.78 Å². The highest BCUT2D eigenvalue weighted by molar-refractivity contribution is 6.00. The maximum absolute atomic E-state index is 12.4. The van der Waals surface area contributed by atoms with Crippen molar-refractivity contribution in [1.29, 1.82) is 0 Å². The van der Waals surface area contributed by atoms with Gasteiger partial charge in [-0.3, -0.25) is 4.79 Å². The van der Waals surface area contributed by atoms with E-state index in [4.69, 9.17) is 9.47 Å². The summed E-state index contributed by atoms with van der Waals surface area (Å²) in [4.78, 5) is 12.4. The minimum atomic E-state index is -0.0173. The summed E-state index contributed by atoms with van der Waals surface area (Å²) in [5, 5.41) is 0. The Balaban J connectivity index is 2.24. The Morgan fingerprint density at radius 1 is 1.47 bits per heavy atom. The molecule has 1 fully saturated rings. The fourth-order valence-electron chi connectivity index (χ4n) is 2.40. The molecule has 1 saturated heterocycles. The second-order valence-corrected chi connectivity index (χ2v) is 4.28. The van der Waals surface area contributed by atoms with Gasteiger partial charge in [0, 0.05) is 6.61 Å². The van der Waals surface area contributed by atoms with E-state index in [-0.39, 0.29) is 17.8 Å². The van der Waals surface area contributed by atoms with Gasteiger partial charge in [-0.1, -0.05) is 19.1 Å². The van der Waals surface area contributed by atoms with Crippen LogP contribution in [0, 0.1) is 5.92 Å². The fraction of sp³-hybridized carbons (Fsp3) is 0.500. The number of carbonyl (C=O) groups excluding carboxylic acids is 1. The molecule has 1 heterocycles. The number of methoxy groups -OCH3 is 1. The van der Waals surface area contributed by atoms with Crippen LogP contribution in [0.4, 0.5) is 0 Å². The number of ketones is 1. The van der Waals surface area contributed by atoms with E-state index < -0.39 is 0 Å². The Bertz CT molecular complexity index is 400. The number of hydrogen-bond donors (Lipinski definition) is 0. The average Bonchev–Trinajstić information content (AvgIpc) is 2.86. The topological polar surface area (TPSA) is 35.5 Å². The SMILES string of the molecule is CCC1OCCC1C(=O)c1ccccc1OC.